The highest BCUT2D eigenvalue weighted by molar-refractivity contribution is 5.79. The molecule has 4 aliphatic rings. The average molecular weight is 326 g/mol. The molecule has 4 saturated carbocycles. The Kier molecular flexibility index (Phi) is 3.38. The largest absolute Gasteiger partial charge is 0.292 e. The molecule has 5 rings (SSSR count). The maximum absolute atomic E-state index is 10.7. The van der Waals surface area contributed by atoms with Crippen LogP contribution in [0.4, 0.5) is 5.69 Å². The lowest BCUT2D eigenvalue weighted by Gasteiger charge is -2.65. The molecule has 0 saturated heterocycles. The third-order valence-corrected chi connectivity index (χ3v) is 6.51. The van der Waals surface area contributed by atoms with Gasteiger partial charge in [0.1, 0.15) is 0 Å². The van der Waals surface area contributed by atoms with Crippen LogP contribution in [0.15, 0.2) is 29.3 Å². The Labute approximate surface area is 143 Å². The van der Waals surface area contributed by atoms with Crippen LogP contribution < -0.4 is 0 Å². The Hall–Kier alpha value is -1.71. The maximum atomic E-state index is 10.7. The summed E-state index contributed by atoms with van der Waals surface area (Å²) in [5, 5.41) is 10.7. The molecule has 0 aliphatic heterocycles. The number of nitro groups is 1. The van der Waals surface area contributed by atoms with Crippen LogP contribution in [0, 0.1) is 32.3 Å². The van der Waals surface area contributed by atoms with E-state index in [2.05, 4.69) is 13.8 Å². The molecule has 128 valence electrons. The number of hydrogen-bond donors (Lipinski definition) is 0. The number of benzene rings is 1. The van der Waals surface area contributed by atoms with Crippen molar-refractivity contribution in [3.8, 4) is 0 Å². The summed E-state index contributed by atoms with van der Waals surface area (Å²) in [5.41, 5.74) is 2.52. The number of nitro benzene ring substituents is 1. The second-order valence-electron chi connectivity index (χ2n) is 9.45. The smallest absolute Gasteiger partial charge is 0.269 e. The second-order valence-corrected chi connectivity index (χ2v) is 9.45. The van der Waals surface area contributed by atoms with Gasteiger partial charge in [-0.2, -0.15) is 0 Å². The Morgan fingerprint density at radius 3 is 2.29 bits per heavy atom. The zero-order chi connectivity index (χ0) is 17.0. The van der Waals surface area contributed by atoms with Crippen molar-refractivity contribution in [1.82, 2.24) is 0 Å². The molecule has 0 heterocycles. The van der Waals surface area contributed by atoms with E-state index in [1.54, 1.807) is 24.3 Å². The van der Waals surface area contributed by atoms with Crippen molar-refractivity contribution in [2.45, 2.75) is 52.4 Å². The van der Waals surface area contributed by atoms with E-state index in [1.165, 1.54) is 38.5 Å². The van der Waals surface area contributed by atoms with Crippen molar-refractivity contribution in [2.24, 2.45) is 27.2 Å². The summed E-state index contributed by atoms with van der Waals surface area (Å²) in [6.45, 7) is 5.89. The fourth-order valence-corrected chi connectivity index (χ4v) is 6.89. The van der Waals surface area contributed by atoms with E-state index < -0.39 is 0 Å². The maximum Gasteiger partial charge on any atom is 0.269 e. The van der Waals surface area contributed by atoms with E-state index in [0.29, 0.717) is 16.2 Å². The lowest BCUT2D eigenvalue weighted by atomic mass is 9.40. The highest BCUT2D eigenvalue weighted by Gasteiger charge is 2.59. The normalized spacial score (nSPS) is 40.3. The van der Waals surface area contributed by atoms with Gasteiger partial charge in [0.2, 0.25) is 0 Å². The van der Waals surface area contributed by atoms with Gasteiger partial charge in [-0.1, -0.05) is 13.8 Å². The van der Waals surface area contributed by atoms with Crippen LogP contribution in [0.2, 0.25) is 0 Å². The molecule has 4 bridgehead atoms. The van der Waals surface area contributed by atoms with Gasteiger partial charge in [-0.3, -0.25) is 15.1 Å². The van der Waals surface area contributed by atoms with Crippen molar-refractivity contribution in [2.75, 3.05) is 6.54 Å². The molecule has 0 N–H and O–H groups in total. The quantitative estimate of drug-likeness (QED) is 0.443. The Balaban J connectivity index is 1.48. The summed E-state index contributed by atoms with van der Waals surface area (Å²) < 4.78 is 0. The van der Waals surface area contributed by atoms with E-state index in [-0.39, 0.29) is 10.6 Å². The SMILES string of the molecule is C[C@]12CC3CC(CN=Cc4ccc([N+](=O)[O-])cc4)(C1)C[C@@](C)(C3)C2. The van der Waals surface area contributed by atoms with Crippen molar-refractivity contribution >= 4 is 11.9 Å². The lowest BCUT2D eigenvalue weighted by Crippen LogP contribution is -2.55. The molecule has 4 fully saturated rings. The highest BCUT2D eigenvalue weighted by atomic mass is 16.6. The molecule has 4 atom stereocenters. The zero-order valence-corrected chi connectivity index (χ0v) is 14.6. The zero-order valence-electron chi connectivity index (χ0n) is 14.6. The fourth-order valence-electron chi connectivity index (χ4n) is 6.89. The third kappa shape index (κ3) is 2.76. The Bertz CT molecular complexity index is 676. The van der Waals surface area contributed by atoms with Crippen LogP contribution in [0.5, 0.6) is 0 Å². The van der Waals surface area contributed by atoms with Crippen LogP contribution in [0.1, 0.15) is 57.9 Å². The average Bonchev–Trinajstić information content (AvgIpc) is 2.43. The summed E-state index contributed by atoms with van der Waals surface area (Å²) in [6.07, 6.45) is 10.1. The van der Waals surface area contributed by atoms with Gasteiger partial charge in [-0.15, -0.1) is 0 Å². The Morgan fingerprint density at radius 2 is 1.75 bits per heavy atom. The van der Waals surface area contributed by atoms with Crippen LogP contribution >= 0.6 is 0 Å². The summed E-state index contributed by atoms with van der Waals surface area (Å²) in [5.74, 6) is 0.894. The molecule has 1 aromatic rings. The van der Waals surface area contributed by atoms with Crippen molar-refractivity contribution in [1.29, 1.82) is 0 Å². The fraction of sp³-hybridized carbons (Fsp3) is 0.650. The van der Waals surface area contributed by atoms with Gasteiger partial charge in [0.15, 0.2) is 0 Å². The van der Waals surface area contributed by atoms with Crippen molar-refractivity contribution in [3.05, 3.63) is 39.9 Å². The molecule has 4 heteroatoms. The number of aliphatic imine (C=N–C) groups is 1. The molecular weight excluding hydrogens is 300 g/mol. The first-order valence-electron chi connectivity index (χ1n) is 9.03. The number of nitrogens with zero attached hydrogens (tertiary/aromatic N) is 2. The predicted molar refractivity (Wildman–Crippen MR) is 95.4 cm³/mol. The van der Waals surface area contributed by atoms with E-state index >= 15 is 0 Å². The summed E-state index contributed by atoms with van der Waals surface area (Å²) in [7, 11) is 0. The Morgan fingerprint density at radius 1 is 1.12 bits per heavy atom. The third-order valence-electron chi connectivity index (χ3n) is 6.51. The minimum atomic E-state index is -0.363. The monoisotopic (exact) mass is 326 g/mol. The highest BCUT2D eigenvalue weighted by Crippen LogP contribution is 2.69. The van der Waals surface area contributed by atoms with E-state index in [9.17, 15) is 10.1 Å². The first-order chi connectivity index (χ1) is 11.3. The molecule has 0 amide bonds. The van der Waals surface area contributed by atoms with Crippen molar-refractivity contribution < 1.29 is 4.92 Å². The second kappa shape index (κ2) is 5.14. The van der Waals surface area contributed by atoms with Gasteiger partial charge < -0.3 is 0 Å². The van der Waals surface area contributed by atoms with Crippen LogP contribution in [0.25, 0.3) is 0 Å². The van der Waals surface area contributed by atoms with Gasteiger partial charge in [0, 0.05) is 24.9 Å². The van der Waals surface area contributed by atoms with Gasteiger partial charge in [0.25, 0.3) is 5.69 Å². The molecule has 4 aliphatic carbocycles. The van der Waals surface area contributed by atoms with Crippen LogP contribution in [-0.2, 0) is 0 Å². The topological polar surface area (TPSA) is 55.5 Å². The lowest BCUT2D eigenvalue weighted by molar-refractivity contribution is -0.384. The molecule has 0 aromatic heterocycles. The number of hydrogen-bond acceptors (Lipinski definition) is 3. The van der Waals surface area contributed by atoms with Gasteiger partial charge in [-0.05, 0) is 78.4 Å². The molecule has 0 spiro atoms. The first-order valence-corrected chi connectivity index (χ1v) is 9.03. The van der Waals surface area contributed by atoms with Crippen molar-refractivity contribution in [3.63, 3.8) is 0 Å². The minimum absolute atomic E-state index is 0.133. The summed E-state index contributed by atoms with van der Waals surface area (Å²) in [4.78, 5) is 15.1. The van der Waals surface area contributed by atoms with Gasteiger partial charge in [-0.25, -0.2) is 0 Å². The molecular formula is C20H26N2O2. The van der Waals surface area contributed by atoms with Gasteiger partial charge >= 0.3 is 0 Å². The van der Waals surface area contributed by atoms with E-state index in [0.717, 1.165) is 18.0 Å². The van der Waals surface area contributed by atoms with Crippen LogP contribution in [0.3, 0.4) is 0 Å². The number of non-ortho nitro benzene ring substituents is 1. The van der Waals surface area contributed by atoms with Crippen LogP contribution in [-0.4, -0.2) is 17.7 Å². The molecule has 1 aromatic carbocycles. The summed E-state index contributed by atoms with van der Waals surface area (Å²) in [6, 6.07) is 6.66. The molecule has 0 radical (unpaired) electrons. The molecule has 24 heavy (non-hydrogen) atoms. The van der Waals surface area contributed by atoms with E-state index in [4.69, 9.17) is 4.99 Å². The standard InChI is InChI=1S/C20H26N2O2/c1-18-7-16-8-19(2,11-18)13-20(9-16,12-18)14-21-10-15-3-5-17(6-4-15)22(23)24/h3-6,10,16H,7-9,11-14H2,1-2H3/t16?,18-,19+,20?. The number of rotatable bonds is 4. The molecule has 4 nitrogen and oxygen atoms in total. The molecule has 2 unspecified atom stereocenters. The van der Waals surface area contributed by atoms with E-state index in [1.807, 2.05) is 6.21 Å². The predicted octanol–water partition coefficient (Wildman–Crippen LogP) is 5.01. The minimum Gasteiger partial charge on any atom is -0.292 e. The van der Waals surface area contributed by atoms with Gasteiger partial charge in [0.05, 0.1) is 4.92 Å². The first kappa shape index (κ1) is 15.8. The summed E-state index contributed by atoms with van der Waals surface area (Å²) >= 11 is 0.